The molecule has 204 valence electrons. The zero-order chi connectivity index (χ0) is 27.2. The summed E-state index contributed by atoms with van der Waals surface area (Å²) in [6.45, 7) is 14.9. The molecule has 7 heteroatoms. The van der Waals surface area contributed by atoms with Gasteiger partial charge in [-0.3, -0.25) is 9.89 Å². The molecule has 0 aliphatic carbocycles. The van der Waals surface area contributed by atoms with E-state index in [1.807, 2.05) is 20.9 Å². The Morgan fingerprint density at radius 1 is 1.08 bits per heavy atom. The van der Waals surface area contributed by atoms with Gasteiger partial charge in [-0.05, 0) is 68.0 Å². The SMILES string of the molecule is C/N=C(/CCc1ccc(C(C)C)c(Cl)c1)N(CC(C)N1CCOCC1)c1ccc(-c2c(C)noc2C)cc1. The van der Waals surface area contributed by atoms with E-state index >= 15 is 0 Å². The first kappa shape index (κ1) is 28.3. The molecule has 1 saturated heterocycles. The maximum Gasteiger partial charge on any atom is 0.141 e. The third-order valence-corrected chi connectivity index (χ3v) is 7.84. The summed E-state index contributed by atoms with van der Waals surface area (Å²) in [5.74, 6) is 2.32. The second-order valence-electron chi connectivity index (χ2n) is 10.5. The highest BCUT2D eigenvalue weighted by molar-refractivity contribution is 6.31. The third kappa shape index (κ3) is 6.66. The van der Waals surface area contributed by atoms with Gasteiger partial charge in [0.2, 0.25) is 0 Å². The Kier molecular flexibility index (Phi) is 9.64. The molecule has 0 saturated carbocycles. The molecule has 1 aliphatic rings. The molecule has 0 amide bonds. The van der Waals surface area contributed by atoms with E-state index in [-0.39, 0.29) is 0 Å². The van der Waals surface area contributed by atoms with Gasteiger partial charge in [-0.2, -0.15) is 0 Å². The zero-order valence-corrected chi connectivity index (χ0v) is 24.4. The summed E-state index contributed by atoms with van der Waals surface area (Å²) in [5, 5.41) is 4.97. The van der Waals surface area contributed by atoms with Crippen molar-refractivity contribution in [1.82, 2.24) is 10.1 Å². The summed E-state index contributed by atoms with van der Waals surface area (Å²) < 4.78 is 11.0. The highest BCUT2D eigenvalue weighted by atomic mass is 35.5. The molecule has 6 nitrogen and oxygen atoms in total. The second kappa shape index (κ2) is 12.9. The largest absolute Gasteiger partial charge is 0.379 e. The van der Waals surface area contributed by atoms with Crippen molar-refractivity contribution < 1.29 is 9.26 Å². The van der Waals surface area contributed by atoms with E-state index in [9.17, 15) is 0 Å². The molecule has 0 radical (unpaired) electrons. The molecule has 0 bridgehead atoms. The number of halogens is 1. The fraction of sp³-hybridized carbons (Fsp3) is 0.484. The van der Waals surface area contributed by atoms with Crippen molar-refractivity contribution in [2.75, 3.05) is 44.8 Å². The van der Waals surface area contributed by atoms with Gasteiger partial charge < -0.3 is 14.2 Å². The predicted octanol–water partition coefficient (Wildman–Crippen LogP) is 6.92. The molecule has 1 atom stereocenters. The molecule has 2 heterocycles. The average molecular weight is 537 g/mol. The number of benzene rings is 2. The summed E-state index contributed by atoms with van der Waals surface area (Å²) in [6, 6.07) is 15.5. The normalized spacial score (nSPS) is 15.7. The second-order valence-corrected chi connectivity index (χ2v) is 10.9. The lowest BCUT2D eigenvalue weighted by molar-refractivity contribution is 0.0220. The van der Waals surface area contributed by atoms with Crippen LogP contribution in [-0.4, -0.2) is 61.8 Å². The van der Waals surface area contributed by atoms with Crippen molar-refractivity contribution in [1.29, 1.82) is 0 Å². The molecule has 0 N–H and O–H groups in total. The van der Waals surface area contributed by atoms with Gasteiger partial charge in [0.1, 0.15) is 11.6 Å². The van der Waals surface area contributed by atoms with Crippen LogP contribution in [0.2, 0.25) is 5.02 Å². The average Bonchev–Trinajstić information content (AvgIpc) is 3.26. The van der Waals surface area contributed by atoms with Crippen LogP contribution in [0.25, 0.3) is 11.1 Å². The molecular formula is C31H41ClN4O2. The third-order valence-electron chi connectivity index (χ3n) is 7.51. The predicted molar refractivity (Wildman–Crippen MR) is 158 cm³/mol. The Bertz CT molecular complexity index is 1210. The number of amidine groups is 1. The van der Waals surface area contributed by atoms with Crippen LogP contribution in [0.4, 0.5) is 5.69 Å². The van der Waals surface area contributed by atoms with Crippen LogP contribution in [-0.2, 0) is 11.2 Å². The Hall–Kier alpha value is -2.67. The van der Waals surface area contributed by atoms with Crippen molar-refractivity contribution in [2.24, 2.45) is 4.99 Å². The van der Waals surface area contributed by atoms with Gasteiger partial charge in [-0.1, -0.05) is 54.9 Å². The maximum atomic E-state index is 6.60. The first-order valence-corrected chi connectivity index (χ1v) is 14.0. The van der Waals surface area contributed by atoms with Crippen molar-refractivity contribution in [3.63, 3.8) is 0 Å². The summed E-state index contributed by atoms with van der Waals surface area (Å²) in [5.41, 5.74) is 6.65. The Balaban J connectivity index is 1.57. The minimum absolute atomic E-state index is 0.359. The first-order valence-electron chi connectivity index (χ1n) is 13.6. The summed E-state index contributed by atoms with van der Waals surface area (Å²) in [6.07, 6.45) is 1.71. The van der Waals surface area contributed by atoms with Crippen LogP contribution >= 0.6 is 11.6 Å². The van der Waals surface area contributed by atoms with E-state index in [0.717, 1.165) is 84.8 Å². The van der Waals surface area contributed by atoms with E-state index in [4.69, 9.17) is 25.9 Å². The fourth-order valence-electron chi connectivity index (χ4n) is 5.28. The summed E-state index contributed by atoms with van der Waals surface area (Å²) in [4.78, 5) is 9.67. The molecule has 2 aromatic carbocycles. The fourth-order valence-corrected chi connectivity index (χ4v) is 5.70. The van der Waals surface area contributed by atoms with E-state index in [1.54, 1.807) is 0 Å². The number of aromatic nitrogens is 1. The lowest BCUT2D eigenvalue weighted by Gasteiger charge is -2.37. The number of hydrogen-bond donors (Lipinski definition) is 0. The van der Waals surface area contributed by atoms with Gasteiger partial charge in [0, 0.05) is 55.4 Å². The molecule has 1 fully saturated rings. The standard InChI is InChI=1S/C31H41ClN4O2/c1-21(2)28-13-7-25(19-29(28)32)8-14-30(33-6)36(20-22(3)35-15-17-37-18-16-35)27-11-9-26(10-12-27)31-23(4)34-38-24(31)5/h7,9-13,19,21-22H,8,14-18,20H2,1-6H3/b33-30-. The van der Waals surface area contributed by atoms with Crippen LogP contribution in [0.1, 0.15) is 55.7 Å². The Morgan fingerprint density at radius 2 is 1.79 bits per heavy atom. The van der Waals surface area contributed by atoms with Gasteiger partial charge in [0.05, 0.1) is 18.9 Å². The first-order chi connectivity index (χ1) is 18.3. The number of hydrogen-bond acceptors (Lipinski definition) is 5. The topological polar surface area (TPSA) is 54.1 Å². The van der Waals surface area contributed by atoms with Gasteiger partial charge in [-0.25, -0.2) is 0 Å². The van der Waals surface area contributed by atoms with Gasteiger partial charge in [0.15, 0.2) is 0 Å². The van der Waals surface area contributed by atoms with E-state index in [0.29, 0.717) is 12.0 Å². The van der Waals surface area contributed by atoms with E-state index < -0.39 is 0 Å². The number of aryl methyl sites for hydroxylation is 3. The highest BCUT2D eigenvalue weighted by Crippen LogP contribution is 2.30. The number of nitrogens with zero attached hydrogens (tertiary/aromatic N) is 4. The van der Waals surface area contributed by atoms with Crippen LogP contribution in [0, 0.1) is 13.8 Å². The Morgan fingerprint density at radius 3 is 2.37 bits per heavy atom. The van der Waals surface area contributed by atoms with Crippen LogP contribution in [0.3, 0.4) is 0 Å². The Labute approximate surface area is 232 Å². The van der Waals surface area contributed by atoms with Gasteiger partial charge >= 0.3 is 0 Å². The molecule has 0 spiro atoms. The van der Waals surface area contributed by atoms with Gasteiger partial charge in [-0.15, -0.1) is 0 Å². The van der Waals surface area contributed by atoms with Gasteiger partial charge in [0.25, 0.3) is 0 Å². The zero-order valence-electron chi connectivity index (χ0n) is 23.6. The monoisotopic (exact) mass is 536 g/mol. The van der Waals surface area contributed by atoms with Crippen molar-refractivity contribution in [3.8, 4) is 11.1 Å². The van der Waals surface area contributed by atoms with Crippen molar-refractivity contribution in [2.45, 2.75) is 59.4 Å². The molecule has 1 aromatic heterocycles. The molecular weight excluding hydrogens is 496 g/mol. The number of ether oxygens (including phenoxy) is 1. The minimum Gasteiger partial charge on any atom is -0.379 e. The quantitative estimate of drug-likeness (QED) is 0.219. The van der Waals surface area contributed by atoms with Crippen LogP contribution in [0.15, 0.2) is 52.0 Å². The molecule has 38 heavy (non-hydrogen) atoms. The maximum absolute atomic E-state index is 6.60. The molecule has 4 rings (SSSR count). The van der Waals surface area contributed by atoms with Crippen LogP contribution < -0.4 is 4.90 Å². The number of aliphatic imine (C=N–C) groups is 1. The summed E-state index contributed by atoms with van der Waals surface area (Å²) >= 11 is 6.60. The van der Waals surface area contributed by atoms with E-state index in [2.05, 4.69) is 78.2 Å². The highest BCUT2D eigenvalue weighted by Gasteiger charge is 2.23. The van der Waals surface area contributed by atoms with Crippen molar-refractivity contribution >= 4 is 23.1 Å². The smallest absolute Gasteiger partial charge is 0.141 e. The lowest BCUT2D eigenvalue weighted by Crippen LogP contribution is -2.49. The van der Waals surface area contributed by atoms with Crippen LogP contribution in [0.5, 0.6) is 0 Å². The number of anilines is 1. The number of rotatable bonds is 9. The molecule has 1 aliphatic heterocycles. The molecule has 3 aromatic rings. The van der Waals surface area contributed by atoms with Crippen molar-refractivity contribution in [3.05, 3.63) is 70.1 Å². The molecule has 1 unspecified atom stereocenters. The van der Waals surface area contributed by atoms with E-state index in [1.165, 1.54) is 11.1 Å². The lowest BCUT2D eigenvalue weighted by atomic mass is 9.99. The minimum atomic E-state index is 0.359. The summed E-state index contributed by atoms with van der Waals surface area (Å²) in [7, 11) is 1.90. The number of morpholine rings is 1.